The first-order chi connectivity index (χ1) is 13.5. The summed E-state index contributed by atoms with van der Waals surface area (Å²) in [5.41, 5.74) is 7.70. The van der Waals surface area contributed by atoms with Gasteiger partial charge < -0.3 is 10.5 Å². The van der Waals surface area contributed by atoms with Crippen LogP contribution in [0.2, 0.25) is 0 Å². The van der Waals surface area contributed by atoms with E-state index in [1.54, 1.807) is 35.0 Å². The number of fused-ring (bicyclic) bond motifs is 1. The Hall–Kier alpha value is -3.45. The van der Waals surface area contributed by atoms with Crippen LogP contribution >= 0.6 is 11.3 Å². The molecular weight excluding hydrogens is 374 g/mol. The van der Waals surface area contributed by atoms with Crippen molar-refractivity contribution in [2.24, 2.45) is 5.73 Å². The molecule has 0 fully saturated rings. The van der Waals surface area contributed by atoms with Gasteiger partial charge in [0.25, 0.3) is 5.91 Å². The van der Waals surface area contributed by atoms with E-state index in [0.29, 0.717) is 10.4 Å². The molecule has 0 bridgehead atoms. The van der Waals surface area contributed by atoms with Crippen molar-refractivity contribution in [3.05, 3.63) is 82.9 Å². The zero-order valence-electron chi connectivity index (χ0n) is 15.0. The second-order valence-corrected chi connectivity index (χ2v) is 7.29. The third-order valence-electron chi connectivity index (χ3n) is 4.33. The maximum absolute atomic E-state index is 12.7. The molecule has 6 nitrogen and oxygen atoms in total. The zero-order valence-corrected chi connectivity index (χ0v) is 15.8. The molecule has 7 heteroatoms. The van der Waals surface area contributed by atoms with Crippen LogP contribution < -0.4 is 5.73 Å². The summed E-state index contributed by atoms with van der Waals surface area (Å²) in [5.74, 6) is -1.31. The second-order valence-electron chi connectivity index (χ2n) is 6.26. The monoisotopic (exact) mass is 391 g/mol. The molecule has 0 radical (unpaired) electrons. The number of nitrogens with two attached hydrogens (primary N) is 1. The molecule has 1 atom stereocenters. The number of nitrogens with zero attached hydrogens (tertiary/aromatic N) is 2. The topological polar surface area (TPSA) is 87.2 Å². The molecule has 0 saturated heterocycles. The van der Waals surface area contributed by atoms with Crippen LogP contribution in [0.15, 0.2) is 66.7 Å². The van der Waals surface area contributed by atoms with Crippen LogP contribution in [0.1, 0.15) is 27.0 Å². The number of para-hydroxylation sites is 1. The molecule has 2 aromatic carbocycles. The molecular formula is C21H17N3O3S. The number of benzene rings is 2. The van der Waals surface area contributed by atoms with Crippen LogP contribution in [0.4, 0.5) is 0 Å². The standard InChI is InChI=1S/C21H17N3O3S/c1-13-16-12-17(28-20(16)24(23-13)15-10-6-3-7-11-15)21(26)27-18(19(22)25)14-8-4-2-5-9-14/h2-12,18H,1H3,(H2,22,25). The average molecular weight is 391 g/mol. The second kappa shape index (κ2) is 7.28. The third-order valence-corrected chi connectivity index (χ3v) is 5.42. The quantitative estimate of drug-likeness (QED) is 0.525. The molecule has 4 rings (SSSR count). The summed E-state index contributed by atoms with van der Waals surface area (Å²) in [6, 6.07) is 20.2. The molecule has 0 saturated carbocycles. The molecule has 2 N–H and O–H groups in total. The van der Waals surface area contributed by atoms with E-state index in [1.165, 1.54) is 11.3 Å². The highest BCUT2D eigenvalue weighted by molar-refractivity contribution is 7.20. The Morgan fingerprint density at radius 2 is 1.71 bits per heavy atom. The number of carbonyl (C=O) groups excluding carboxylic acids is 2. The van der Waals surface area contributed by atoms with Gasteiger partial charge in [-0.15, -0.1) is 11.3 Å². The van der Waals surface area contributed by atoms with Crippen LogP contribution in [0.25, 0.3) is 15.9 Å². The number of esters is 1. The summed E-state index contributed by atoms with van der Waals surface area (Å²) in [6.07, 6.45) is -1.13. The van der Waals surface area contributed by atoms with E-state index in [9.17, 15) is 9.59 Å². The summed E-state index contributed by atoms with van der Waals surface area (Å²) in [5, 5.41) is 5.43. The van der Waals surface area contributed by atoms with Gasteiger partial charge in [0.05, 0.1) is 11.4 Å². The SMILES string of the molecule is Cc1nn(-c2ccccc2)c2sc(C(=O)OC(C(N)=O)c3ccccc3)cc12. The number of aryl methyl sites for hydroxylation is 1. The molecule has 1 unspecified atom stereocenters. The molecule has 2 aromatic heterocycles. The lowest BCUT2D eigenvalue weighted by Crippen LogP contribution is -2.26. The molecule has 0 aliphatic carbocycles. The highest BCUT2D eigenvalue weighted by Gasteiger charge is 2.25. The first kappa shape index (κ1) is 17.9. The molecule has 28 heavy (non-hydrogen) atoms. The number of amides is 1. The van der Waals surface area contributed by atoms with Gasteiger partial charge >= 0.3 is 5.97 Å². The smallest absolute Gasteiger partial charge is 0.349 e. The van der Waals surface area contributed by atoms with Crippen LogP contribution in [0.5, 0.6) is 0 Å². The van der Waals surface area contributed by atoms with Crippen molar-refractivity contribution < 1.29 is 14.3 Å². The number of aromatic nitrogens is 2. The molecule has 1 amide bonds. The van der Waals surface area contributed by atoms with E-state index in [0.717, 1.165) is 21.6 Å². The fourth-order valence-electron chi connectivity index (χ4n) is 2.98. The van der Waals surface area contributed by atoms with Crippen molar-refractivity contribution in [2.75, 3.05) is 0 Å². The Morgan fingerprint density at radius 3 is 2.36 bits per heavy atom. The number of rotatable bonds is 5. The first-order valence-corrected chi connectivity index (χ1v) is 9.46. The minimum Gasteiger partial charge on any atom is -0.443 e. The van der Waals surface area contributed by atoms with Crippen LogP contribution in [0, 0.1) is 6.92 Å². The molecule has 140 valence electrons. The van der Waals surface area contributed by atoms with E-state index in [1.807, 2.05) is 43.3 Å². The maximum atomic E-state index is 12.7. The molecule has 2 heterocycles. The fourth-order valence-corrected chi connectivity index (χ4v) is 4.04. The maximum Gasteiger partial charge on any atom is 0.349 e. The first-order valence-electron chi connectivity index (χ1n) is 8.64. The Balaban J connectivity index is 1.67. The van der Waals surface area contributed by atoms with Gasteiger partial charge in [0.15, 0.2) is 0 Å². The van der Waals surface area contributed by atoms with Gasteiger partial charge in [0, 0.05) is 10.9 Å². The molecule has 4 aromatic rings. The number of hydrogen-bond donors (Lipinski definition) is 1. The summed E-state index contributed by atoms with van der Waals surface area (Å²) in [6.45, 7) is 1.89. The summed E-state index contributed by atoms with van der Waals surface area (Å²) in [7, 11) is 0. The van der Waals surface area contributed by atoms with Crippen molar-refractivity contribution in [1.29, 1.82) is 0 Å². The zero-order chi connectivity index (χ0) is 19.7. The van der Waals surface area contributed by atoms with Crippen molar-refractivity contribution >= 4 is 33.4 Å². The lowest BCUT2D eigenvalue weighted by molar-refractivity contribution is -0.127. The number of ether oxygens (including phenoxy) is 1. The predicted octanol–water partition coefficient (Wildman–Crippen LogP) is 3.78. The normalized spacial score (nSPS) is 12.0. The van der Waals surface area contributed by atoms with E-state index in [4.69, 9.17) is 10.5 Å². The highest BCUT2D eigenvalue weighted by atomic mass is 32.1. The van der Waals surface area contributed by atoms with Gasteiger partial charge in [-0.25, -0.2) is 9.48 Å². The van der Waals surface area contributed by atoms with Gasteiger partial charge in [-0.05, 0) is 25.1 Å². The predicted molar refractivity (Wildman–Crippen MR) is 107 cm³/mol. The summed E-state index contributed by atoms with van der Waals surface area (Å²) < 4.78 is 7.24. The average Bonchev–Trinajstić information content (AvgIpc) is 3.28. The Labute approximate surface area is 165 Å². The summed E-state index contributed by atoms with van der Waals surface area (Å²) >= 11 is 1.27. The third kappa shape index (κ3) is 3.27. The molecule has 0 spiro atoms. The molecule has 0 aliphatic rings. The fraction of sp³-hybridized carbons (Fsp3) is 0.0952. The minimum absolute atomic E-state index is 0.391. The highest BCUT2D eigenvalue weighted by Crippen LogP contribution is 2.31. The van der Waals surface area contributed by atoms with Crippen molar-refractivity contribution in [3.8, 4) is 5.69 Å². The van der Waals surface area contributed by atoms with E-state index >= 15 is 0 Å². The van der Waals surface area contributed by atoms with Crippen molar-refractivity contribution in [2.45, 2.75) is 13.0 Å². The van der Waals surface area contributed by atoms with Crippen LogP contribution in [-0.2, 0) is 9.53 Å². The Bertz CT molecular complexity index is 1150. The van der Waals surface area contributed by atoms with Gasteiger partial charge in [0.1, 0.15) is 9.71 Å². The largest absolute Gasteiger partial charge is 0.443 e. The Kier molecular flexibility index (Phi) is 4.67. The number of hydrogen-bond acceptors (Lipinski definition) is 5. The van der Waals surface area contributed by atoms with Crippen LogP contribution in [0.3, 0.4) is 0 Å². The number of carbonyl (C=O) groups is 2. The lowest BCUT2D eigenvalue weighted by Gasteiger charge is -2.14. The molecule has 0 aliphatic heterocycles. The van der Waals surface area contributed by atoms with Gasteiger partial charge in [-0.2, -0.15) is 5.10 Å². The van der Waals surface area contributed by atoms with Gasteiger partial charge in [-0.3, -0.25) is 4.79 Å². The Morgan fingerprint density at radius 1 is 1.07 bits per heavy atom. The summed E-state index contributed by atoms with van der Waals surface area (Å²) in [4.78, 5) is 25.8. The van der Waals surface area contributed by atoms with E-state index < -0.39 is 18.0 Å². The lowest BCUT2D eigenvalue weighted by atomic mass is 10.1. The van der Waals surface area contributed by atoms with Crippen LogP contribution in [-0.4, -0.2) is 21.7 Å². The number of primary amides is 1. The van der Waals surface area contributed by atoms with Crippen molar-refractivity contribution in [3.63, 3.8) is 0 Å². The van der Waals surface area contributed by atoms with E-state index in [-0.39, 0.29) is 0 Å². The van der Waals surface area contributed by atoms with Gasteiger partial charge in [0.2, 0.25) is 6.10 Å². The van der Waals surface area contributed by atoms with E-state index in [2.05, 4.69) is 5.10 Å². The van der Waals surface area contributed by atoms with Gasteiger partial charge in [-0.1, -0.05) is 48.5 Å². The minimum atomic E-state index is -1.13. The van der Waals surface area contributed by atoms with Crippen molar-refractivity contribution in [1.82, 2.24) is 9.78 Å². The number of thiophene rings is 1.